The molecule has 3 aliphatic rings. The summed E-state index contributed by atoms with van der Waals surface area (Å²) < 4.78 is 6.66. The van der Waals surface area contributed by atoms with Gasteiger partial charge in [-0.1, -0.05) is 0 Å². The lowest BCUT2D eigenvalue weighted by atomic mass is 10.0. The van der Waals surface area contributed by atoms with E-state index in [1.807, 2.05) is 17.2 Å². The van der Waals surface area contributed by atoms with Gasteiger partial charge in [-0.15, -0.1) is 0 Å². The Labute approximate surface area is 145 Å². The van der Waals surface area contributed by atoms with Crippen LogP contribution in [0.2, 0.25) is 0 Å². The largest absolute Gasteiger partial charge is 0.368 e. The van der Waals surface area contributed by atoms with Crippen molar-refractivity contribution < 1.29 is 9.53 Å². The van der Waals surface area contributed by atoms with Crippen LogP contribution in [0.3, 0.4) is 0 Å². The summed E-state index contributed by atoms with van der Waals surface area (Å²) in [5.41, 5.74) is 0. The van der Waals surface area contributed by atoms with Gasteiger partial charge >= 0.3 is 0 Å². The first kappa shape index (κ1) is 15.4. The molecule has 0 radical (unpaired) electrons. The first-order chi connectivity index (χ1) is 11.2. The number of pyridine rings is 1. The second kappa shape index (κ2) is 6.40. The standard InChI is InChI=1S/C17H22BrN3O2/c18-14-4-5-16(19-7-14)20-8-12-10-21(11-13(12)9-20)17(22)15-3-1-2-6-23-15/h4-5,7,12-13,15H,1-3,6,8-11H2. The number of aromatic nitrogens is 1. The first-order valence-electron chi connectivity index (χ1n) is 8.47. The maximum atomic E-state index is 12.6. The van der Waals surface area contributed by atoms with E-state index in [1.165, 1.54) is 0 Å². The topological polar surface area (TPSA) is 45.7 Å². The van der Waals surface area contributed by atoms with Gasteiger partial charge in [0.1, 0.15) is 11.9 Å². The maximum absolute atomic E-state index is 12.6. The van der Waals surface area contributed by atoms with Gasteiger partial charge in [-0.2, -0.15) is 0 Å². The van der Waals surface area contributed by atoms with E-state index in [2.05, 4.69) is 31.9 Å². The quantitative estimate of drug-likeness (QED) is 0.790. The van der Waals surface area contributed by atoms with Gasteiger partial charge in [0.15, 0.2) is 0 Å². The average molecular weight is 380 g/mol. The van der Waals surface area contributed by atoms with Gasteiger partial charge in [0.2, 0.25) is 0 Å². The maximum Gasteiger partial charge on any atom is 0.251 e. The number of nitrogens with zero attached hydrogens (tertiary/aromatic N) is 3. The molecule has 0 bridgehead atoms. The fraction of sp³-hybridized carbons (Fsp3) is 0.647. The minimum atomic E-state index is -0.188. The van der Waals surface area contributed by atoms with Crippen molar-refractivity contribution in [1.29, 1.82) is 0 Å². The summed E-state index contributed by atoms with van der Waals surface area (Å²) in [6.45, 7) is 4.47. The van der Waals surface area contributed by atoms with E-state index in [0.29, 0.717) is 11.8 Å². The zero-order valence-corrected chi connectivity index (χ0v) is 14.7. The van der Waals surface area contributed by atoms with Gasteiger partial charge < -0.3 is 14.5 Å². The third-order valence-corrected chi connectivity index (χ3v) is 5.76. The predicted octanol–water partition coefficient (Wildman–Crippen LogP) is 2.31. The van der Waals surface area contributed by atoms with Crippen LogP contribution in [-0.2, 0) is 9.53 Å². The Balaban J connectivity index is 1.36. The first-order valence-corrected chi connectivity index (χ1v) is 9.27. The molecule has 3 atom stereocenters. The van der Waals surface area contributed by atoms with Gasteiger partial charge in [-0.05, 0) is 47.3 Å². The number of hydrogen-bond donors (Lipinski definition) is 0. The van der Waals surface area contributed by atoms with Crippen molar-refractivity contribution in [3.05, 3.63) is 22.8 Å². The fourth-order valence-corrected chi connectivity index (χ4v) is 4.29. The van der Waals surface area contributed by atoms with Crippen LogP contribution in [-0.4, -0.2) is 54.7 Å². The molecule has 5 nitrogen and oxygen atoms in total. The molecule has 4 rings (SSSR count). The van der Waals surface area contributed by atoms with Crippen LogP contribution < -0.4 is 4.90 Å². The number of ether oxygens (including phenoxy) is 1. The monoisotopic (exact) mass is 379 g/mol. The molecule has 0 saturated carbocycles. The Kier molecular flexibility index (Phi) is 4.28. The molecule has 4 heterocycles. The third-order valence-electron chi connectivity index (χ3n) is 5.29. The number of likely N-dealkylation sites (tertiary alicyclic amines) is 1. The zero-order valence-electron chi connectivity index (χ0n) is 13.2. The Hall–Kier alpha value is -1.14. The van der Waals surface area contributed by atoms with E-state index in [0.717, 1.165) is 62.3 Å². The van der Waals surface area contributed by atoms with Gasteiger partial charge in [0.05, 0.1) is 0 Å². The van der Waals surface area contributed by atoms with Gasteiger partial charge in [-0.25, -0.2) is 4.98 Å². The minimum Gasteiger partial charge on any atom is -0.368 e. The normalized spacial score (nSPS) is 30.6. The molecule has 3 fully saturated rings. The molecule has 0 N–H and O–H groups in total. The minimum absolute atomic E-state index is 0.188. The smallest absolute Gasteiger partial charge is 0.251 e. The molecule has 3 aliphatic heterocycles. The number of fused-ring (bicyclic) bond motifs is 1. The number of hydrogen-bond acceptors (Lipinski definition) is 4. The van der Waals surface area contributed by atoms with Crippen LogP contribution in [0, 0.1) is 11.8 Å². The lowest BCUT2D eigenvalue weighted by molar-refractivity contribution is -0.145. The zero-order chi connectivity index (χ0) is 15.8. The molecule has 1 amide bonds. The van der Waals surface area contributed by atoms with Crippen molar-refractivity contribution in [1.82, 2.24) is 9.88 Å². The highest BCUT2D eigenvalue weighted by Crippen LogP contribution is 2.34. The molecule has 1 aromatic heterocycles. The van der Waals surface area contributed by atoms with Crippen molar-refractivity contribution in [3.8, 4) is 0 Å². The number of rotatable bonds is 2. The van der Waals surface area contributed by atoms with Crippen LogP contribution in [0.1, 0.15) is 19.3 Å². The number of halogens is 1. The highest BCUT2D eigenvalue weighted by Gasteiger charge is 2.43. The summed E-state index contributed by atoms with van der Waals surface area (Å²) >= 11 is 3.43. The van der Waals surface area contributed by atoms with Gasteiger partial charge in [0, 0.05) is 55.3 Å². The summed E-state index contributed by atoms with van der Waals surface area (Å²) in [5, 5.41) is 0. The van der Waals surface area contributed by atoms with E-state index in [4.69, 9.17) is 4.74 Å². The number of carbonyl (C=O) groups excluding carboxylic acids is 1. The molecule has 3 unspecified atom stereocenters. The van der Waals surface area contributed by atoms with E-state index in [-0.39, 0.29) is 12.0 Å². The highest BCUT2D eigenvalue weighted by atomic mass is 79.9. The molecular weight excluding hydrogens is 358 g/mol. The van der Waals surface area contributed by atoms with Crippen molar-refractivity contribution >= 4 is 27.7 Å². The van der Waals surface area contributed by atoms with Crippen molar-refractivity contribution in [3.63, 3.8) is 0 Å². The summed E-state index contributed by atoms with van der Waals surface area (Å²) in [6.07, 6.45) is 4.75. The molecule has 23 heavy (non-hydrogen) atoms. The number of amides is 1. The van der Waals surface area contributed by atoms with Crippen molar-refractivity contribution in [2.24, 2.45) is 11.8 Å². The Morgan fingerprint density at radius 1 is 1.17 bits per heavy atom. The van der Waals surface area contributed by atoms with E-state index >= 15 is 0 Å². The molecule has 6 heteroatoms. The van der Waals surface area contributed by atoms with Gasteiger partial charge in [-0.3, -0.25) is 4.79 Å². The number of carbonyl (C=O) groups is 1. The molecule has 0 spiro atoms. The molecule has 124 valence electrons. The second-order valence-corrected chi connectivity index (χ2v) is 7.77. The highest BCUT2D eigenvalue weighted by molar-refractivity contribution is 9.10. The van der Waals surface area contributed by atoms with E-state index < -0.39 is 0 Å². The van der Waals surface area contributed by atoms with Crippen LogP contribution in [0.4, 0.5) is 5.82 Å². The van der Waals surface area contributed by atoms with Crippen molar-refractivity contribution in [2.75, 3.05) is 37.7 Å². The van der Waals surface area contributed by atoms with E-state index in [1.54, 1.807) is 0 Å². The van der Waals surface area contributed by atoms with Gasteiger partial charge in [0.25, 0.3) is 5.91 Å². The average Bonchev–Trinajstić information content (AvgIpc) is 3.14. The molecule has 1 aromatic rings. The lowest BCUT2D eigenvalue weighted by Gasteiger charge is -2.28. The second-order valence-electron chi connectivity index (χ2n) is 6.86. The molecule has 0 aromatic carbocycles. The predicted molar refractivity (Wildman–Crippen MR) is 91.3 cm³/mol. The van der Waals surface area contributed by atoms with Crippen LogP contribution in [0.15, 0.2) is 22.8 Å². The Morgan fingerprint density at radius 2 is 1.96 bits per heavy atom. The van der Waals surface area contributed by atoms with E-state index in [9.17, 15) is 4.79 Å². The molecule has 0 aliphatic carbocycles. The summed E-state index contributed by atoms with van der Waals surface area (Å²) in [4.78, 5) is 21.5. The summed E-state index contributed by atoms with van der Waals surface area (Å²) in [6, 6.07) is 4.09. The van der Waals surface area contributed by atoms with Crippen LogP contribution >= 0.6 is 15.9 Å². The Bertz CT molecular complexity index is 560. The van der Waals surface area contributed by atoms with Crippen LogP contribution in [0.5, 0.6) is 0 Å². The summed E-state index contributed by atoms with van der Waals surface area (Å²) in [7, 11) is 0. The van der Waals surface area contributed by atoms with Crippen LogP contribution in [0.25, 0.3) is 0 Å². The van der Waals surface area contributed by atoms with Crippen molar-refractivity contribution in [2.45, 2.75) is 25.4 Å². The molecule has 3 saturated heterocycles. The summed E-state index contributed by atoms with van der Waals surface area (Å²) in [5.74, 6) is 2.38. The lowest BCUT2D eigenvalue weighted by Crippen LogP contribution is -2.42. The number of anilines is 1. The molecular formula is C17H22BrN3O2. The Morgan fingerprint density at radius 3 is 2.57 bits per heavy atom. The fourth-order valence-electron chi connectivity index (χ4n) is 4.05. The third kappa shape index (κ3) is 3.11. The SMILES string of the molecule is O=C(C1CCCCO1)N1CC2CN(c3ccc(Br)cn3)CC2C1.